The smallest absolute Gasteiger partial charge is 0.270 e. The van der Waals surface area contributed by atoms with Crippen molar-refractivity contribution in [3.63, 3.8) is 0 Å². The first-order chi connectivity index (χ1) is 9.28. The Hall–Kier alpha value is -2.19. The molecule has 0 radical (unpaired) electrons. The van der Waals surface area contributed by atoms with E-state index in [1.165, 1.54) is 11.3 Å². The largest absolute Gasteiger partial charge is 0.333 e. The standard InChI is InChI=1S/C11H10N6OS/c1-6-9(19-8(4-12)15-6)11-16-10(17-18-11)7-5-13-2-3-14-7/h2-3,5H,4,12H2,1H3. The Morgan fingerprint density at radius 2 is 2.21 bits per heavy atom. The zero-order valence-electron chi connectivity index (χ0n) is 10.1. The summed E-state index contributed by atoms with van der Waals surface area (Å²) in [4.78, 5) is 17.6. The van der Waals surface area contributed by atoms with Gasteiger partial charge in [-0.2, -0.15) is 4.98 Å². The van der Waals surface area contributed by atoms with Crippen molar-refractivity contribution in [1.82, 2.24) is 25.1 Å². The van der Waals surface area contributed by atoms with Gasteiger partial charge in [-0.05, 0) is 6.92 Å². The summed E-state index contributed by atoms with van der Waals surface area (Å²) in [6, 6.07) is 0. The van der Waals surface area contributed by atoms with Crippen molar-refractivity contribution in [2.24, 2.45) is 5.73 Å². The molecule has 0 atom stereocenters. The monoisotopic (exact) mass is 274 g/mol. The summed E-state index contributed by atoms with van der Waals surface area (Å²) < 4.78 is 5.24. The molecule has 0 saturated heterocycles. The highest BCUT2D eigenvalue weighted by Crippen LogP contribution is 2.29. The normalized spacial score (nSPS) is 10.8. The SMILES string of the molecule is Cc1nc(CN)sc1-c1nc(-c2cnccn2)no1. The highest BCUT2D eigenvalue weighted by molar-refractivity contribution is 7.15. The minimum absolute atomic E-state index is 0.399. The van der Waals surface area contributed by atoms with E-state index in [2.05, 4.69) is 25.1 Å². The number of nitrogens with two attached hydrogens (primary N) is 1. The maximum atomic E-state index is 5.57. The number of aryl methyl sites for hydroxylation is 1. The third kappa shape index (κ3) is 2.23. The van der Waals surface area contributed by atoms with Gasteiger partial charge in [-0.3, -0.25) is 4.98 Å². The fourth-order valence-electron chi connectivity index (χ4n) is 1.57. The summed E-state index contributed by atoms with van der Waals surface area (Å²) in [7, 11) is 0. The molecule has 0 aliphatic carbocycles. The Morgan fingerprint density at radius 3 is 2.89 bits per heavy atom. The van der Waals surface area contributed by atoms with Crippen LogP contribution in [0.4, 0.5) is 0 Å². The molecule has 3 aromatic heterocycles. The Bertz CT molecular complexity index is 692. The second-order valence-corrected chi connectivity index (χ2v) is 4.82. The van der Waals surface area contributed by atoms with Gasteiger partial charge >= 0.3 is 0 Å². The lowest BCUT2D eigenvalue weighted by molar-refractivity contribution is 0.432. The van der Waals surface area contributed by atoms with Crippen LogP contribution < -0.4 is 5.73 Å². The fraction of sp³-hybridized carbons (Fsp3) is 0.182. The second kappa shape index (κ2) is 4.82. The summed E-state index contributed by atoms with van der Waals surface area (Å²) in [5.74, 6) is 0.834. The molecule has 19 heavy (non-hydrogen) atoms. The van der Waals surface area contributed by atoms with Gasteiger partial charge in [-0.1, -0.05) is 5.16 Å². The summed E-state index contributed by atoms with van der Waals surface area (Å²) in [5.41, 5.74) is 6.97. The molecular formula is C11H10N6OS. The summed E-state index contributed by atoms with van der Waals surface area (Å²) >= 11 is 1.45. The van der Waals surface area contributed by atoms with Crippen LogP contribution >= 0.6 is 11.3 Å². The summed E-state index contributed by atoms with van der Waals surface area (Å²) in [6.07, 6.45) is 4.75. The number of thiazole rings is 1. The van der Waals surface area contributed by atoms with Gasteiger partial charge in [-0.15, -0.1) is 11.3 Å². The first kappa shape index (κ1) is 11.9. The Kier molecular flexibility index (Phi) is 3.02. The van der Waals surface area contributed by atoms with Gasteiger partial charge in [0.1, 0.15) is 15.6 Å². The lowest BCUT2D eigenvalue weighted by Crippen LogP contribution is -1.94. The number of nitrogens with zero attached hydrogens (tertiary/aromatic N) is 5. The first-order valence-corrected chi connectivity index (χ1v) is 6.36. The lowest BCUT2D eigenvalue weighted by Gasteiger charge is -1.89. The minimum Gasteiger partial charge on any atom is -0.333 e. The molecule has 0 unspecified atom stereocenters. The van der Waals surface area contributed by atoms with Gasteiger partial charge in [0.2, 0.25) is 5.82 Å². The molecule has 3 aromatic rings. The van der Waals surface area contributed by atoms with E-state index in [1.807, 2.05) is 6.92 Å². The maximum Gasteiger partial charge on any atom is 0.270 e. The molecule has 0 bridgehead atoms. The number of rotatable bonds is 3. The average molecular weight is 274 g/mol. The van der Waals surface area contributed by atoms with E-state index in [0.29, 0.717) is 24.0 Å². The maximum absolute atomic E-state index is 5.57. The first-order valence-electron chi connectivity index (χ1n) is 5.54. The second-order valence-electron chi connectivity index (χ2n) is 3.74. The molecule has 0 aliphatic rings. The van der Waals surface area contributed by atoms with Crippen LogP contribution in [0, 0.1) is 6.92 Å². The van der Waals surface area contributed by atoms with Crippen molar-refractivity contribution in [1.29, 1.82) is 0 Å². The van der Waals surface area contributed by atoms with Gasteiger partial charge in [0.25, 0.3) is 5.89 Å². The van der Waals surface area contributed by atoms with Crippen LogP contribution in [-0.2, 0) is 6.54 Å². The van der Waals surface area contributed by atoms with E-state index in [1.54, 1.807) is 18.6 Å². The highest BCUT2D eigenvalue weighted by atomic mass is 32.1. The molecule has 96 valence electrons. The molecule has 3 heterocycles. The topological polar surface area (TPSA) is 104 Å². The predicted molar refractivity (Wildman–Crippen MR) is 69.1 cm³/mol. The molecule has 0 aromatic carbocycles. The van der Waals surface area contributed by atoms with E-state index in [-0.39, 0.29) is 0 Å². The van der Waals surface area contributed by atoms with E-state index in [9.17, 15) is 0 Å². The van der Waals surface area contributed by atoms with Crippen LogP contribution in [0.3, 0.4) is 0 Å². The van der Waals surface area contributed by atoms with Gasteiger partial charge in [-0.25, -0.2) is 9.97 Å². The van der Waals surface area contributed by atoms with Crippen LogP contribution in [0.1, 0.15) is 10.7 Å². The molecule has 0 amide bonds. The van der Waals surface area contributed by atoms with Crippen molar-refractivity contribution in [2.75, 3.05) is 0 Å². The quantitative estimate of drug-likeness (QED) is 0.770. The zero-order valence-corrected chi connectivity index (χ0v) is 10.9. The molecule has 0 aliphatic heterocycles. The highest BCUT2D eigenvalue weighted by Gasteiger charge is 2.17. The van der Waals surface area contributed by atoms with Crippen LogP contribution in [-0.4, -0.2) is 25.1 Å². The van der Waals surface area contributed by atoms with Gasteiger partial charge < -0.3 is 10.3 Å². The Labute approximate surface area is 112 Å². The molecule has 8 heteroatoms. The molecule has 0 saturated carbocycles. The summed E-state index contributed by atoms with van der Waals surface area (Å²) in [5, 5.41) is 4.74. The number of hydrogen-bond donors (Lipinski definition) is 1. The lowest BCUT2D eigenvalue weighted by atomic mass is 10.4. The molecule has 0 spiro atoms. The van der Waals surface area contributed by atoms with Gasteiger partial charge in [0.05, 0.1) is 11.9 Å². The zero-order chi connectivity index (χ0) is 13.2. The van der Waals surface area contributed by atoms with Gasteiger partial charge in [0, 0.05) is 18.9 Å². The number of aromatic nitrogens is 5. The Balaban J connectivity index is 1.99. The van der Waals surface area contributed by atoms with E-state index < -0.39 is 0 Å². The van der Waals surface area contributed by atoms with E-state index in [4.69, 9.17) is 10.3 Å². The van der Waals surface area contributed by atoms with Crippen LogP contribution in [0.2, 0.25) is 0 Å². The van der Waals surface area contributed by atoms with Crippen molar-refractivity contribution in [3.05, 3.63) is 29.3 Å². The molecular weight excluding hydrogens is 264 g/mol. The molecule has 0 fully saturated rings. The van der Waals surface area contributed by atoms with Crippen LogP contribution in [0.25, 0.3) is 22.3 Å². The van der Waals surface area contributed by atoms with Crippen molar-refractivity contribution >= 4 is 11.3 Å². The minimum atomic E-state index is 0.399. The third-order valence-electron chi connectivity index (χ3n) is 2.43. The molecule has 3 rings (SSSR count). The van der Waals surface area contributed by atoms with Crippen LogP contribution in [0.15, 0.2) is 23.1 Å². The number of hydrogen-bond acceptors (Lipinski definition) is 8. The molecule has 7 nitrogen and oxygen atoms in total. The van der Waals surface area contributed by atoms with E-state index in [0.717, 1.165) is 15.6 Å². The van der Waals surface area contributed by atoms with Crippen LogP contribution in [0.5, 0.6) is 0 Å². The Morgan fingerprint density at radius 1 is 1.32 bits per heavy atom. The van der Waals surface area contributed by atoms with Gasteiger partial charge in [0.15, 0.2) is 0 Å². The predicted octanol–water partition coefficient (Wildman–Crippen LogP) is 1.42. The third-order valence-corrected chi connectivity index (χ3v) is 3.60. The molecule has 2 N–H and O–H groups in total. The average Bonchev–Trinajstić information content (AvgIpc) is 3.06. The summed E-state index contributed by atoms with van der Waals surface area (Å²) in [6.45, 7) is 2.29. The van der Waals surface area contributed by atoms with Crippen molar-refractivity contribution in [2.45, 2.75) is 13.5 Å². The van der Waals surface area contributed by atoms with E-state index >= 15 is 0 Å². The van der Waals surface area contributed by atoms with Crippen molar-refractivity contribution in [3.8, 4) is 22.3 Å². The van der Waals surface area contributed by atoms with Crippen molar-refractivity contribution < 1.29 is 4.52 Å². The fourth-order valence-corrected chi connectivity index (χ4v) is 2.44.